The molecule has 1 atom stereocenters. The zero-order valence-corrected chi connectivity index (χ0v) is 7.65. The molecule has 0 spiro atoms. The lowest BCUT2D eigenvalue weighted by Crippen LogP contribution is -2.25. The highest BCUT2D eigenvalue weighted by atomic mass is 15.1. The minimum absolute atomic E-state index is 0.716. The molecule has 1 unspecified atom stereocenters. The molecule has 0 aliphatic carbocycles. The summed E-state index contributed by atoms with van der Waals surface area (Å²) in [6.45, 7) is 3.40. The van der Waals surface area contributed by atoms with Gasteiger partial charge in [0.25, 0.3) is 0 Å². The van der Waals surface area contributed by atoms with Gasteiger partial charge in [-0.25, -0.2) is 0 Å². The third-order valence-corrected chi connectivity index (χ3v) is 1.93. The van der Waals surface area contributed by atoms with Crippen LogP contribution >= 0.6 is 0 Å². The van der Waals surface area contributed by atoms with Gasteiger partial charge in [-0.15, -0.1) is 0 Å². The first kappa shape index (κ1) is 9.92. The molecule has 0 fully saturated rings. The van der Waals surface area contributed by atoms with Crippen molar-refractivity contribution in [2.75, 3.05) is 27.7 Å². The molecule has 10 heavy (non-hydrogen) atoms. The monoisotopic (exact) mass is 144 g/mol. The van der Waals surface area contributed by atoms with E-state index in [0.717, 1.165) is 6.54 Å². The summed E-state index contributed by atoms with van der Waals surface area (Å²) in [5.41, 5.74) is 0. The summed E-state index contributed by atoms with van der Waals surface area (Å²) in [4.78, 5) is 2.26. The van der Waals surface area contributed by atoms with Gasteiger partial charge >= 0.3 is 0 Å². The summed E-state index contributed by atoms with van der Waals surface area (Å²) < 4.78 is 0. The van der Waals surface area contributed by atoms with Crippen LogP contribution in [0.5, 0.6) is 0 Å². The predicted molar refractivity (Wildman–Crippen MR) is 46.3 cm³/mol. The summed E-state index contributed by atoms with van der Waals surface area (Å²) in [5, 5.41) is 3.14. The van der Waals surface area contributed by atoms with Crippen molar-refractivity contribution in [2.24, 2.45) is 0 Å². The van der Waals surface area contributed by atoms with E-state index < -0.39 is 0 Å². The Balaban J connectivity index is 3.13. The quantitative estimate of drug-likeness (QED) is 0.578. The highest BCUT2D eigenvalue weighted by Gasteiger charge is 2.01. The maximum Gasteiger partial charge on any atom is 0.00613 e. The van der Waals surface area contributed by atoms with Gasteiger partial charge in [0.1, 0.15) is 0 Å². The molecule has 1 N–H and O–H groups in total. The second-order valence-electron chi connectivity index (χ2n) is 3.06. The molecule has 0 saturated carbocycles. The molecule has 0 heterocycles. The zero-order valence-electron chi connectivity index (χ0n) is 7.65. The standard InChI is InChI=1S/C8H20N2/c1-8(10(3)4)6-5-7-9-2/h8-9H,5-7H2,1-4H3. The van der Waals surface area contributed by atoms with Crippen molar-refractivity contribution >= 4 is 0 Å². The number of nitrogens with one attached hydrogen (secondary N) is 1. The normalized spacial score (nSPS) is 14.1. The van der Waals surface area contributed by atoms with E-state index in [2.05, 4.69) is 31.2 Å². The van der Waals surface area contributed by atoms with Crippen LogP contribution in [-0.4, -0.2) is 38.6 Å². The van der Waals surface area contributed by atoms with Gasteiger partial charge in [-0.05, 0) is 47.5 Å². The van der Waals surface area contributed by atoms with Crippen LogP contribution in [0.25, 0.3) is 0 Å². The highest BCUT2D eigenvalue weighted by Crippen LogP contribution is 2.00. The Bertz CT molecular complexity index is 71.7. The Kier molecular flexibility index (Phi) is 5.64. The molecule has 0 radical (unpaired) electrons. The van der Waals surface area contributed by atoms with E-state index in [9.17, 15) is 0 Å². The molecular formula is C8H20N2. The number of nitrogens with zero attached hydrogens (tertiary/aromatic N) is 1. The van der Waals surface area contributed by atoms with E-state index in [1.54, 1.807) is 0 Å². The van der Waals surface area contributed by atoms with E-state index in [-0.39, 0.29) is 0 Å². The molecular weight excluding hydrogens is 124 g/mol. The van der Waals surface area contributed by atoms with Crippen molar-refractivity contribution in [3.63, 3.8) is 0 Å². The van der Waals surface area contributed by atoms with Crippen LogP contribution in [0, 0.1) is 0 Å². The first-order valence-corrected chi connectivity index (χ1v) is 3.99. The summed E-state index contributed by atoms with van der Waals surface area (Å²) in [5.74, 6) is 0. The van der Waals surface area contributed by atoms with Gasteiger partial charge in [0.15, 0.2) is 0 Å². The van der Waals surface area contributed by atoms with Gasteiger partial charge in [0.05, 0.1) is 0 Å². The van der Waals surface area contributed by atoms with Gasteiger partial charge in [-0.1, -0.05) is 0 Å². The van der Waals surface area contributed by atoms with Crippen LogP contribution in [-0.2, 0) is 0 Å². The fraction of sp³-hybridized carbons (Fsp3) is 1.00. The molecule has 0 saturated heterocycles. The van der Waals surface area contributed by atoms with Crippen LogP contribution in [0.4, 0.5) is 0 Å². The summed E-state index contributed by atoms with van der Waals surface area (Å²) in [7, 11) is 6.26. The first-order chi connectivity index (χ1) is 4.68. The summed E-state index contributed by atoms with van der Waals surface area (Å²) >= 11 is 0. The predicted octanol–water partition coefficient (Wildman–Crippen LogP) is 0.936. The number of hydrogen-bond donors (Lipinski definition) is 1. The topological polar surface area (TPSA) is 15.3 Å². The van der Waals surface area contributed by atoms with Gasteiger partial charge in [-0.2, -0.15) is 0 Å². The molecule has 0 aromatic rings. The van der Waals surface area contributed by atoms with E-state index in [1.807, 2.05) is 7.05 Å². The van der Waals surface area contributed by atoms with Crippen LogP contribution in [0.15, 0.2) is 0 Å². The SMILES string of the molecule is CNCCCC(C)N(C)C. The van der Waals surface area contributed by atoms with Crippen molar-refractivity contribution in [3.8, 4) is 0 Å². The minimum atomic E-state index is 0.716. The van der Waals surface area contributed by atoms with Crippen LogP contribution in [0.3, 0.4) is 0 Å². The molecule has 0 aromatic heterocycles. The molecule has 0 rings (SSSR count). The third kappa shape index (κ3) is 4.77. The van der Waals surface area contributed by atoms with E-state index in [4.69, 9.17) is 0 Å². The van der Waals surface area contributed by atoms with E-state index in [0.29, 0.717) is 6.04 Å². The molecule has 0 bridgehead atoms. The second kappa shape index (κ2) is 5.69. The van der Waals surface area contributed by atoms with Crippen LogP contribution < -0.4 is 5.32 Å². The highest BCUT2D eigenvalue weighted by molar-refractivity contribution is 4.59. The van der Waals surface area contributed by atoms with Crippen molar-refractivity contribution in [1.29, 1.82) is 0 Å². The maximum absolute atomic E-state index is 3.14. The summed E-state index contributed by atoms with van der Waals surface area (Å²) in [6, 6.07) is 0.716. The number of rotatable bonds is 5. The molecule has 62 valence electrons. The zero-order chi connectivity index (χ0) is 7.98. The van der Waals surface area contributed by atoms with Crippen molar-refractivity contribution in [1.82, 2.24) is 10.2 Å². The lowest BCUT2D eigenvalue weighted by Gasteiger charge is -2.19. The van der Waals surface area contributed by atoms with Crippen LogP contribution in [0.1, 0.15) is 19.8 Å². The first-order valence-electron chi connectivity index (χ1n) is 3.99. The van der Waals surface area contributed by atoms with Crippen LogP contribution in [0.2, 0.25) is 0 Å². The molecule has 0 aliphatic rings. The van der Waals surface area contributed by atoms with Crippen molar-refractivity contribution in [3.05, 3.63) is 0 Å². The minimum Gasteiger partial charge on any atom is -0.320 e. The fourth-order valence-electron chi connectivity index (χ4n) is 0.832. The molecule has 0 amide bonds. The fourth-order valence-corrected chi connectivity index (χ4v) is 0.832. The lowest BCUT2D eigenvalue weighted by molar-refractivity contribution is 0.293. The summed E-state index contributed by atoms with van der Waals surface area (Å²) in [6.07, 6.45) is 2.56. The Morgan fingerprint density at radius 1 is 1.40 bits per heavy atom. The molecule has 0 aromatic carbocycles. The van der Waals surface area contributed by atoms with Gasteiger partial charge in [-0.3, -0.25) is 0 Å². The molecule has 0 aliphatic heterocycles. The van der Waals surface area contributed by atoms with E-state index in [1.165, 1.54) is 12.8 Å². The maximum atomic E-state index is 3.14. The Morgan fingerprint density at radius 2 is 2.00 bits per heavy atom. The average Bonchev–Trinajstić information content (AvgIpc) is 1.88. The lowest BCUT2D eigenvalue weighted by atomic mass is 10.2. The Hall–Kier alpha value is -0.0800. The smallest absolute Gasteiger partial charge is 0.00613 e. The largest absolute Gasteiger partial charge is 0.320 e. The second-order valence-corrected chi connectivity index (χ2v) is 3.06. The van der Waals surface area contributed by atoms with Crippen molar-refractivity contribution < 1.29 is 0 Å². The van der Waals surface area contributed by atoms with Gasteiger partial charge in [0, 0.05) is 6.04 Å². The van der Waals surface area contributed by atoms with E-state index >= 15 is 0 Å². The molecule has 2 heteroatoms. The van der Waals surface area contributed by atoms with Gasteiger partial charge < -0.3 is 10.2 Å². The third-order valence-electron chi connectivity index (χ3n) is 1.93. The van der Waals surface area contributed by atoms with Gasteiger partial charge in [0.2, 0.25) is 0 Å². The molecule has 2 nitrogen and oxygen atoms in total. The Morgan fingerprint density at radius 3 is 2.40 bits per heavy atom. The Labute approximate surface area is 64.6 Å². The van der Waals surface area contributed by atoms with Crippen molar-refractivity contribution in [2.45, 2.75) is 25.8 Å². The number of hydrogen-bond acceptors (Lipinski definition) is 2. The average molecular weight is 144 g/mol.